The predicted octanol–water partition coefficient (Wildman–Crippen LogP) is 1.71. The summed E-state index contributed by atoms with van der Waals surface area (Å²) < 4.78 is 12.3. The van der Waals surface area contributed by atoms with Crippen molar-refractivity contribution < 1.29 is 4.21 Å². The molecule has 0 aromatic heterocycles. The summed E-state index contributed by atoms with van der Waals surface area (Å²) in [6.45, 7) is 1.86. The highest BCUT2D eigenvalue weighted by atomic mass is 79.9. The Hall–Kier alpha value is -0.320. The van der Waals surface area contributed by atoms with Gasteiger partial charge >= 0.3 is 0 Å². The van der Waals surface area contributed by atoms with E-state index < -0.39 is 9.71 Å². The molecule has 1 aromatic carbocycles. The van der Waals surface area contributed by atoms with Crippen LogP contribution in [0.15, 0.2) is 27.6 Å². The lowest BCUT2D eigenvalue weighted by atomic mass is 10.2. The number of aryl methyl sites for hydroxylation is 1. The van der Waals surface area contributed by atoms with Crippen LogP contribution >= 0.6 is 15.9 Å². The summed E-state index contributed by atoms with van der Waals surface area (Å²) in [5, 5.41) is 5.41. The first-order chi connectivity index (χ1) is 5.41. The van der Waals surface area contributed by atoms with E-state index in [9.17, 15) is 4.21 Å². The van der Waals surface area contributed by atoms with Gasteiger partial charge in [0.2, 0.25) is 0 Å². The van der Waals surface area contributed by atoms with E-state index in [4.69, 9.17) is 5.14 Å². The van der Waals surface area contributed by atoms with Gasteiger partial charge in [0.15, 0.2) is 0 Å². The molecule has 0 aliphatic rings. The van der Waals surface area contributed by atoms with Crippen molar-refractivity contribution in [3.8, 4) is 0 Å². The number of hydrogen-bond donors (Lipinski definition) is 1. The van der Waals surface area contributed by atoms with E-state index in [1.165, 1.54) is 0 Å². The highest BCUT2D eigenvalue weighted by Gasteiger charge is 2.04. The summed E-state index contributed by atoms with van der Waals surface area (Å²) in [4.78, 5) is 0.616. The van der Waals surface area contributed by atoms with Crippen molar-refractivity contribution in [2.24, 2.45) is 5.14 Å². The first kappa shape index (κ1) is 9.77. The van der Waals surface area contributed by atoms with Crippen LogP contribution in [0.4, 0.5) is 0 Å². The molecule has 1 atom stereocenters. The Morgan fingerprint density at radius 1 is 1.58 bits per heavy atom. The van der Waals surface area contributed by atoms with Crippen LogP contribution in [-0.4, -0.2) is 10.1 Å². The van der Waals surface area contributed by atoms with Crippen molar-refractivity contribution in [3.05, 3.63) is 28.2 Å². The maximum absolute atomic E-state index is 11.4. The minimum atomic E-state index is -2.57. The van der Waals surface area contributed by atoms with E-state index in [2.05, 4.69) is 21.8 Å². The number of nitrogens with two attached hydrogens (primary N) is 1. The summed E-state index contributed by atoms with van der Waals surface area (Å²) >= 11 is 3.31. The third-order valence-corrected chi connectivity index (χ3v) is 3.21. The first-order valence-corrected chi connectivity index (χ1v) is 5.91. The molecule has 4 heteroatoms. The molecule has 1 rings (SSSR count). The lowest BCUT2D eigenvalue weighted by Crippen LogP contribution is -2.13. The summed E-state index contributed by atoms with van der Waals surface area (Å²) in [6, 6.07) is 5.40. The van der Waals surface area contributed by atoms with Crippen molar-refractivity contribution in [1.29, 1.82) is 0 Å². The van der Waals surface area contributed by atoms with Crippen molar-refractivity contribution in [3.63, 3.8) is 0 Å². The molecule has 0 aliphatic heterocycles. The minimum absolute atomic E-state index is 0.616. The van der Waals surface area contributed by atoms with E-state index >= 15 is 0 Å². The maximum Gasteiger partial charge on any atom is 0.0510 e. The van der Waals surface area contributed by atoms with Crippen LogP contribution < -0.4 is 5.14 Å². The molecule has 66 valence electrons. The predicted molar refractivity (Wildman–Crippen MR) is 56.6 cm³/mol. The molecule has 2 nitrogen and oxygen atoms in total. The molecular weight excluding hydrogens is 238 g/mol. The molecule has 0 fully saturated rings. The fourth-order valence-corrected chi connectivity index (χ4v) is 2.38. The Morgan fingerprint density at radius 2 is 2.17 bits per heavy atom. The Labute approximate surface area is 81.1 Å². The highest BCUT2D eigenvalue weighted by molar-refractivity contribution is 9.10. The van der Waals surface area contributed by atoms with Crippen molar-refractivity contribution >= 4 is 31.5 Å². The first-order valence-electron chi connectivity index (χ1n) is 3.32. The molecule has 1 unspecified atom stereocenters. The normalized spacial score (nSPS) is 15.6. The molecule has 0 radical (unpaired) electrons. The zero-order chi connectivity index (χ0) is 9.35. The van der Waals surface area contributed by atoms with Gasteiger partial charge in [-0.05, 0) is 36.6 Å². The average Bonchev–Trinajstić information content (AvgIpc) is 1.83. The highest BCUT2D eigenvalue weighted by Crippen LogP contribution is 2.18. The molecule has 0 saturated carbocycles. The third-order valence-electron chi connectivity index (χ3n) is 1.51. The quantitative estimate of drug-likeness (QED) is 0.755. The van der Waals surface area contributed by atoms with Gasteiger partial charge in [-0.3, -0.25) is 5.14 Å². The number of rotatable bonds is 1. The zero-order valence-electron chi connectivity index (χ0n) is 6.71. The smallest absolute Gasteiger partial charge is 0.0510 e. The van der Waals surface area contributed by atoms with Crippen molar-refractivity contribution in [2.75, 3.05) is 0 Å². The van der Waals surface area contributed by atoms with Crippen molar-refractivity contribution in [2.45, 2.75) is 11.8 Å². The molecule has 2 N–H and O–H groups in total. The van der Waals surface area contributed by atoms with Gasteiger partial charge in [-0.2, -0.15) is 0 Å². The molecular formula is C8H10BrNOS. The topological polar surface area (TPSA) is 43.1 Å². The zero-order valence-corrected chi connectivity index (χ0v) is 9.11. The number of benzene rings is 1. The van der Waals surface area contributed by atoms with Gasteiger partial charge in [-0.25, -0.2) is 4.21 Å². The molecule has 0 amide bonds. The van der Waals surface area contributed by atoms with Gasteiger partial charge in [-0.15, -0.1) is 0 Å². The molecule has 0 saturated heterocycles. The Balaban J connectivity index is 3.39. The Bertz CT molecular complexity index is 398. The van der Waals surface area contributed by atoms with Crippen LogP contribution in [0, 0.1) is 6.92 Å². The van der Waals surface area contributed by atoms with Gasteiger partial charge in [0.05, 0.1) is 9.71 Å². The standard InChI is InChI=1S/C8H10BrNOS/c1-6-5-7(9)3-4-8(6)12(2,10)11/h3-5H,2H2,1H3,(H2,10,11). The molecule has 1 aromatic rings. The second kappa shape index (κ2) is 3.20. The van der Waals surface area contributed by atoms with Crippen LogP contribution in [0.25, 0.3) is 0 Å². The van der Waals surface area contributed by atoms with Gasteiger partial charge in [0, 0.05) is 9.37 Å². The van der Waals surface area contributed by atoms with Crippen LogP contribution in [0.1, 0.15) is 5.56 Å². The molecule has 0 heterocycles. The molecule has 0 spiro atoms. The number of hydrogen-bond acceptors (Lipinski definition) is 1. The van der Waals surface area contributed by atoms with Crippen LogP contribution in [0.3, 0.4) is 0 Å². The number of halogens is 1. The molecule has 12 heavy (non-hydrogen) atoms. The fourth-order valence-electron chi connectivity index (χ4n) is 1.00. The third kappa shape index (κ3) is 2.09. The van der Waals surface area contributed by atoms with E-state index in [1.807, 2.05) is 13.0 Å². The van der Waals surface area contributed by atoms with Gasteiger partial charge in [0.1, 0.15) is 0 Å². The van der Waals surface area contributed by atoms with Crippen LogP contribution in [0.5, 0.6) is 0 Å². The van der Waals surface area contributed by atoms with Gasteiger partial charge in [-0.1, -0.05) is 15.9 Å². The van der Waals surface area contributed by atoms with Crippen LogP contribution in [-0.2, 0) is 9.71 Å². The second-order valence-electron chi connectivity index (χ2n) is 2.64. The SMILES string of the molecule is C=S(N)(=O)c1ccc(Br)cc1C. The average molecular weight is 248 g/mol. The summed E-state index contributed by atoms with van der Waals surface area (Å²) in [6.07, 6.45) is 0. The monoisotopic (exact) mass is 247 g/mol. The van der Waals surface area contributed by atoms with Gasteiger partial charge < -0.3 is 0 Å². The van der Waals surface area contributed by atoms with E-state index in [1.54, 1.807) is 12.1 Å². The Kier molecular flexibility index (Phi) is 2.61. The van der Waals surface area contributed by atoms with E-state index in [-0.39, 0.29) is 0 Å². The molecule has 0 aliphatic carbocycles. The van der Waals surface area contributed by atoms with E-state index in [0.717, 1.165) is 10.0 Å². The molecule has 0 bridgehead atoms. The fraction of sp³-hybridized carbons (Fsp3) is 0.125. The van der Waals surface area contributed by atoms with E-state index in [0.29, 0.717) is 4.90 Å². The minimum Gasteiger partial charge on any atom is -0.256 e. The summed E-state index contributed by atoms with van der Waals surface area (Å²) in [7, 11) is -2.57. The van der Waals surface area contributed by atoms with Crippen LogP contribution in [0.2, 0.25) is 0 Å². The van der Waals surface area contributed by atoms with Crippen molar-refractivity contribution in [1.82, 2.24) is 0 Å². The lowest BCUT2D eigenvalue weighted by Gasteiger charge is -2.06. The maximum atomic E-state index is 11.4. The summed E-state index contributed by atoms with van der Waals surface area (Å²) in [5.41, 5.74) is 0.895. The summed E-state index contributed by atoms with van der Waals surface area (Å²) in [5.74, 6) is 3.42. The second-order valence-corrected chi connectivity index (χ2v) is 5.44. The Morgan fingerprint density at radius 3 is 2.58 bits per heavy atom. The van der Waals surface area contributed by atoms with Gasteiger partial charge in [0.25, 0.3) is 0 Å². The lowest BCUT2D eigenvalue weighted by molar-refractivity contribution is 0.682. The largest absolute Gasteiger partial charge is 0.256 e.